The van der Waals surface area contributed by atoms with Crippen LogP contribution in [0.3, 0.4) is 0 Å². The van der Waals surface area contributed by atoms with E-state index in [-0.39, 0.29) is 25.5 Å². The smallest absolute Gasteiger partial charge is 0.360 e. The van der Waals surface area contributed by atoms with Crippen LogP contribution in [0.5, 0.6) is 0 Å². The Hall–Kier alpha value is -1.57. The maximum atomic E-state index is 11.6. The molecule has 0 unspecified atom stereocenters. The Morgan fingerprint density at radius 1 is 1.62 bits per heavy atom. The summed E-state index contributed by atoms with van der Waals surface area (Å²) in [5.74, 6) is -0.594. The van der Waals surface area contributed by atoms with Crippen LogP contribution in [0.15, 0.2) is 6.20 Å². The molecule has 0 saturated heterocycles. The maximum absolute atomic E-state index is 11.6. The molecule has 0 radical (unpaired) electrons. The molecule has 0 aliphatic heterocycles. The zero-order valence-corrected chi connectivity index (χ0v) is 8.60. The minimum absolute atomic E-state index is 0.0406. The molecule has 0 aromatic carbocycles. The predicted octanol–water partition coefficient (Wildman–Crippen LogP) is 0.694. The Morgan fingerprint density at radius 3 is 3.00 bits per heavy atom. The second-order valence-corrected chi connectivity index (χ2v) is 2.68. The summed E-state index contributed by atoms with van der Waals surface area (Å²) in [6.45, 7) is -1.10. The Labute approximate surface area is 90.1 Å². The van der Waals surface area contributed by atoms with Gasteiger partial charge < -0.3 is 9.47 Å². The molecule has 0 aliphatic rings. The van der Waals surface area contributed by atoms with Crippen molar-refractivity contribution in [3.05, 3.63) is 11.9 Å². The van der Waals surface area contributed by atoms with Gasteiger partial charge >= 0.3 is 12.6 Å². The fourth-order valence-corrected chi connectivity index (χ4v) is 0.927. The van der Waals surface area contributed by atoms with E-state index in [0.717, 1.165) is 4.80 Å². The largest absolute Gasteiger partial charge is 0.461 e. The van der Waals surface area contributed by atoms with E-state index >= 15 is 0 Å². The van der Waals surface area contributed by atoms with Crippen LogP contribution < -0.4 is 0 Å². The molecule has 16 heavy (non-hydrogen) atoms. The highest BCUT2D eigenvalue weighted by Crippen LogP contribution is 1.97. The Balaban J connectivity index is 2.42. The number of esters is 1. The lowest BCUT2D eigenvalue weighted by molar-refractivity contribution is -0.131. The Kier molecular flexibility index (Phi) is 4.77. The van der Waals surface area contributed by atoms with Crippen molar-refractivity contribution < 1.29 is 23.0 Å². The van der Waals surface area contributed by atoms with Gasteiger partial charge in [0.15, 0.2) is 5.69 Å². The lowest BCUT2D eigenvalue weighted by atomic mass is 10.5. The van der Waals surface area contributed by atoms with Crippen molar-refractivity contribution in [2.75, 3.05) is 13.2 Å². The average Bonchev–Trinajstić information content (AvgIpc) is 2.66. The second kappa shape index (κ2) is 6.11. The highest BCUT2D eigenvalue weighted by Gasteiger charge is 2.11. The third-order valence-electron chi connectivity index (χ3n) is 1.56. The summed E-state index contributed by atoms with van der Waals surface area (Å²) in [6.07, 6.45) is 1.21. The van der Waals surface area contributed by atoms with E-state index in [4.69, 9.17) is 0 Å². The van der Waals surface area contributed by atoms with E-state index in [1.165, 1.54) is 6.20 Å². The molecule has 0 spiro atoms. The number of hydrogen-bond acceptors (Lipinski definition) is 5. The van der Waals surface area contributed by atoms with Crippen LogP contribution in [0.1, 0.15) is 17.4 Å². The second-order valence-electron chi connectivity index (χ2n) is 2.68. The summed E-state index contributed by atoms with van der Waals surface area (Å²) in [4.78, 5) is 12.2. The van der Waals surface area contributed by atoms with Gasteiger partial charge in [-0.15, -0.1) is 5.10 Å². The fraction of sp³-hybridized carbons (Fsp3) is 0.625. The Bertz CT molecular complexity index is 343. The van der Waals surface area contributed by atoms with Crippen molar-refractivity contribution in [2.45, 2.75) is 20.1 Å². The lowest BCUT2D eigenvalue weighted by Crippen LogP contribution is -2.12. The van der Waals surface area contributed by atoms with E-state index in [2.05, 4.69) is 19.7 Å². The third kappa shape index (κ3) is 3.89. The molecule has 0 N–H and O–H groups in total. The number of ether oxygens (including phenoxy) is 2. The number of carbonyl (C=O) groups is 1. The van der Waals surface area contributed by atoms with Crippen molar-refractivity contribution in [2.24, 2.45) is 0 Å². The number of hydrogen-bond donors (Lipinski definition) is 0. The summed E-state index contributed by atoms with van der Waals surface area (Å²) in [7, 11) is 0. The zero-order valence-electron chi connectivity index (χ0n) is 8.60. The predicted molar refractivity (Wildman–Crippen MR) is 47.9 cm³/mol. The van der Waals surface area contributed by atoms with Crippen LogP contribution in [-0.4, -0.2) is 40.8 Å². The molecule has 0 atom stereocenters. The van der Waals surface area contributed by atoms with Gasteiger partial charge in [0, 0.05) is 0 Å². The quantitative estimate of drug-likeness (QED) is 0.679. The first-order chi connectivity index (χ1) is 7.63. The monoisotopic (exact) mass is 235 g/mol. The first kappa shape index (κ1) is 12.5. The number of aromatic nitrogens is 3. The molecule has 0 aliphatic carbocycles. The van der Waals surface area contributed by atoms with Gasteiger partial charge in [-0.05, 0) is 6.92 Å². The first-order valence-corrected chi connectivity index (χ1v) is 4.60. The molecule has 1 rings (SSSR count). The lowest BCUT2D eigenvalue weighted by Gasteiger charge is -2.01. The summed E-state index contributed by atoms with van der Waals surface area (Å²) in [6, 6.07) is 0. The van der Waals surface area contributed by atoms with Crippen molar-refractivity contribution >= 4 is 5.97 Å². The van der Waals surface area contributed by atoms with Crippen LogP contribution >= 0.6 is 0 Å². The number of halogens is 2. The van der Waals surface area contributed by atoms with Crippen LogP contribution in [0.2, 0.25) is 0 Å². The minimum atomic E-state index is -2.82. The summed E-state index contributed by atoms with van der Waals surface area (Å²) in [5.41, 5.74) is 0.0406. The van der Waals surface area contributed by atoms with E-state index in [0.29, 0.717) is 0 Å². The van der Waals surface area contributed by atoms with Gasteiger partial charge in [-0.3, -0.25) is 0 Å². The molecular weight excluding hydrogens is 224 g/mol. The molecule has 0 fully saturated rings. The number of nitrogens with zero attached hydrogens (tertiary/aromatic N) is 3. The van der Waals surface area contributed by atoms with Gasteiger partial charge in [0.1, 0.15) is 0 Å². The normalized spacial score (nSPS) is 10.8. The van der Waals surface area contributed by atoms with Gasteiger partial charge in [0.2, 0.25) is 0 Å². The fourth-order valence-electron chi connectivity index (χ4n) is 0.927. The van der Waals surface area contributed by atoms with Crippen molar-refractivity contribution in [3.63, 3.8) is 0 Å². The third-order valence-corrected chi connectivity index (χ3v) is 1.56. The zero-order chi connectivity index (χ0) is 12.0. The molecule has 1 aromatic heterocycles. The van der Waals surface area contributed by atoms with Gasteiger partial charge in [-0.2, -0.15) is 18.7 Å². The van der Waals surface area contributed by atoms with Crippen LogP contribution in [0.25, 0.3) is 0 Å². The molecule has 1 aromatic rings. The summed E-state index contributed by atoms with van der Waals surface area (Å²) < 4.78 is 31.9. The number of rotatable bonds is 6. The average molecular weight is 235 g/mol. The van der Waals surface area contributed by atoms with Crippen LogP contribution in [-0.2, 0) is 16.0 Å². The van der Waals surface area contributed by atoms with E-state index < -0.39 is 12.6 Å². The number of alkyl halides is 2. The molecule has 8 heteroatoms. The maximum Gasteiger partial charge on any atom is 0.360 e. The van der Waals surface area contributed by atoms with E-state index in [1.54, 1.807) is 6.92 Å². The minimum Gasteiger partial charge on any atom is -0.461 e. The highest BCUT2D eigenvalue weighted by atomic mass is 19.3. The van der Waals surface area contributed by atoms with E-state index in [9.17, 15) is 13.6 Å². The molecule has 0 amide bonds. The standard InChI is InChI=1S/C8H11F2N3O3/c1-2-15-7(14)6-5-11-13(12-6)3-4-16-8(9)10/h5,8H,2-4H2,1H3. The van der Waals surface area contributed by atoms with Crippen LogP contribution in [0, 0.1) is 0 Å². The molecule has 6 nitrogen and oxygen atoms in total. The van der Waals surface area contributed by atoms with Gasteiger partial charge in [0.25, 0.3) is 0 Å². The van der Waals surface area contributed by atoms with Gasteiger partial charge in [-0.1, -0.05) is 0 Å². The SMILES string of the molecule is CCOC(=O)c1cnn(CCOC(F)F)n1. The number of carbonyl (C=O) groups excluding carboxylic acids is 1. The van der Waals surface area contributed by atoms with Crippen molar-refractivity contribution in [1.29, 1.82) is 0 Å². The molecule has 1 heterocycles. The van der Waals surface area contributed by atoms with Gasteiger partial charge in [-0.25, -0.2) is 4.79 Å². The van der Waals surface area contributed by atoms with Gasteiger partial charge in [0.05, 0.1) is 26.0 Å². The highest BCUT2D eigenvalue weighted by molar-refractivity contribution is 5.86. The molecule has 0 bridgehead atoms. The summed E-state index contributed by atoms with van der Waals surface area (Å²) >= 11 is 0. The molecule has 90 valence electrons. The summed E-state index contributed by atoms with van der Waals surface area (Å²) in [5, 5.41) is 7.43. The molecular formula is C8H11F2N3O3. The van der Waals surface area contributed by atoms with Crippen molar-refractivity contribution in [1.82, 2.24) is 15.0 Å². The van der Waals surface area contributed by atoms with E-state index in [1.807, 2.05) is 0 Å². The first-order valence-electron chi connectivity index (χ1n) is 4.60. The van der Waals surface area contributed by atoms with Crippen molar-refractivity contribution in [3.8, 4) is 0 Å². The topological polar surface area (TPSA) is 66.2 Å². The Morgan fingerprint density at radius 2 is 2.38 bits per heavy atom. The molecule has 0 saturated carbocycles. The van der Waals surface area contributed by atoms with Crippen LogP contribution in [0.4, 0.5) is 8.78 Å².